The SMILES string of the molecule is CCCCCC1OC(c2cccc(F)c2OC)c2cc(Cl)ccc2-n2c#ccc21. The van der Waals surface area contributed by atoms with Gasteiger partial charge < -0.3 is 9.47 Å². The molecule has 150 valence electrons. The van der Waals surface area contributed by atoms with Crippen LogP contribution < -0.4 is 4.74 Å². The highest BCUT2D eigenvalue weighted by molar-refractivity contribution is 6.30. The Morgan fingerprint density at radius 3 is 2.86 bits per heavy atom. The molecule has 0 radical (unpaired) electrons. The Bertz CT molecular complexity index is 1000. The molecule has 2 aromatic carbocycles. The van der Waals surface area contributed by atoms with Crippen molar-refractivity contribution in [1.29, 1.82) is 0 Å². The first-order valence-corrected chi connectivity index (χ1v) is 10.3. The summed E-state index contributed by atoms with van der Waals surface area (Å²) in [5.41, 5.74) is 3.38. The molecule has 3 nitrogen and oxygen atoms in total. The normalized spacial score (nSPS) is 17.8. The molecule has 2 atom stereocenters. The van der Waals surface area contributed by atoms with Gasteiger partial charge >= 0.3 is 0 Å². The van der Waals surface area contributed by atoms with E-state index in [9.17, 15) is 4.39 Å². The second-order valence-corrected chi connectivity index (χ2v) is 7.66. The molecular formula is C24H23ClFNO2. The molecule has 3 aromatic rings. The van der Waals surface area contributed by atoms with Gasteiger partial charge in [-0.15, -0.1) is 0 Å². The molecule has 0 saturated carbocycles. The third-order valence-corrected chi connectivity index (χ3v) is 5.59. The van der Waals surface area contributed by atoms with Crippen molar-refractivity contribution in [2.24, 2.45) is 0 Å². The first kappa shape index (κ1) is 19.8. The van der Waals surface area contributed by atoms with Crippen LogP contribution in [0.15, 0.2) is 42.5 Å². The van der Waals surface area contributed by atoms with Crippen molar-refractivity contribution < 1.29 is 13.9 Å². The maximum absolute atomic E-state index is 14.5. The van der Waals surface area contributed by atoms with Crippen LogP contribution in [0.4, 0.5) is 4.39 Å². The zero-order valence-electron chi connectivity index (χ0n) is 16.5. The zero-order valence-corrected chi connectivity index (χ0v) is 17.3. The number of para-hydroxylation sites is 1. The van der Waals surface area contributed by atoms with Gasteiger partial charge in [-0.2, -0.15) is 0 Å². The molecule has 0 bridgehead atoms. The van der Waals surface area contributed by atoms with Gasteiger partial charge in [0.25, 0.3) is 0 Å². The number of methoxy groups -OCH3 is 1. The third-order valence-electron chi connectivity index (χ3n) is 5.35. The largest absolute Gasteiger partial charge is 0.493 e. The molecule has 1 aliphatic heterocycles. The number of halogens is 2. The quantitative estimate of drug-likeness (QED) is 0.425. The fourth-order valence-corrected chi connectivity index (χ4v) is 4.15. The fourth-order valence-electron chi connectivity index (χ4n) is 3.97. The van der Waals surface area contributed by atoms with Crippen LogP contribution in [0, 0.1) is 18.1 Å². The Morgan fingerprint density at radius 1 is 1.21 bits per heavy atom. The Labute approximate surface area is 176 Å². The molecule has 29 heavy (non-hydrogen) atoms. The van der Waals surface area contributed by atoms with E-state index in [2.05, 4.69) is 19.2 Å². The molecule has 2 unspecified atom stereocenters. The Kier molecular flexibility index (Phi) is 5.80. The predicted octanol–water partition coefficient (Wildman–Crippen LogP) is 6.62. The third kappa shape index (κ3) is 3.73. The highest BCUT2D eigenvalue weighted by Crippen LogP contribution is 2.44. The van der Waals surface area contributed by atoms with E-state index in [4.69, 9.17) is 21.1 Å². The van der Waals surface area contributed by atoms with E-state index < -0.39 is 11.9 Å². The second-order valence-electron chi connectivity index (χ2n) is 7.23. The number of rotatable bonds is 6. The lowest BCUT2D eigenvalue weighted by atomic mass is 9.98. The molecule has 1 aliphatic rings. The van der Waals surface area contributed by atoms with Crippen molar-refractivity contribution >= 4 is 11.6 Å². The number of ether oxygens (including phenoxy) is 2. The number of benzene rings is 2. The van der Waals surface area contributed by atoms with Gasteiger partial charge in [0.1, 0.15) is 12.2 Å². The predicted molar refractivity (Wildman–Crippen MR) is 111 cm³/mol. The van der Waals surface area contributed by atoms with Gasteiger partial charge in [0.2, 0.25) is 0 Å². The molecule has 0 aliphatic carbocycles. The first-order valence-electron chi connectivity index (χ1n) is 9.92. The van der Waals surface area contributed by atoms with Crippen LogP contribution in [-0.2, 0) is 4.74 Å². The average molecular weight is 412 g/mol. The van der Waals surface area contributed by atoms with E-state index in [-0.39, 0.29) is 11.9 Å². The van der Waals surface area contributed by atoms with E-state index in [0.29, 0.717) is 10.6 Å². The molecule has 5 heteroatoms. The van der Waals surface area contributed by atoms with Crippen molar-refractivity contribution in [2.45, 2.75) is 44.8 Å². The second kappa shape index (κ2) is 8.49. The van der Waals surface area contributed by atoms with Crippen LogP contribution in [0.3, 0.4) is 0 Å². The molecular weight excluding hydrogens is 389 g/mol. The number of unbranched alkanes of at least 4 members (excludes halogenated alkanes) is 2. The highest BCUT2D eigenvalue weighted by atomic mass is 35.5. The summed E-state index contributed by atoms with van der Waals surface area (Å²) in [5, 5.41) is 0.592. The monoisotopic (exact) mass is 411 g/mol. The summed E-state index contributed by atoms with van der Waals surface area (Å²) >= 11 is 6.34. The van der Waals surface area contributed by atoms with Gasteiger partial charge in [-0.25, -0.2) is 4.39 Å². The van der Waals surface area contributed by atoms with E-state index in [1.165, 1.54) is 13.2 Å². The minimum Gasteiger partial charge on any atom is -0.493 e. The van der Waals surface area contributed by atoms with Crippen LogP contribution >= 0.6 is 11.6 Å². The zero-order chi connectivity index (χ0) is 20.4. The minimum absolute atomic E-state index is 0.173. The van der Waals surface area contributed by atoms with Gasteiger partial charge in [0.05, 0.1) is 18.5 Å². The molecule has 0 saturated heterocycles. The van der Waals surface area contributed by atoms with Gasteiger partial charge in [0, 0.05) is 28.4 Å². The fraction of sp³-hybridized carbons (Fsp3) is 0.333. The summed E-state index contributed by atoms with van der Waals surface area (Å²) in [6.07, 6.45) is 6.63. The molecule has 2 heterocycles. The number of hydrogen-bond acceptors (Lipinski definition) is 2. The van der Waals surface area contributed by atoms with Crippen molar-refractivity contribution in [3.05, 3.63) is 82.4 Å². The number of fused-ring (bicyclic) bond motifs is 3. The van der Waals surface area contributed by atoms with Crippen molar-refractivity contribution in [3.63, 3.8) is 0 Å². The van der Waals surface area contributed by atoms with Gasteiger partial charge in [0.15, 0.2) is 11.6 Å². The molecule has 0 amide bonds. The van der Waals surface area contributed by atoms with Crippen LogP contribution in [0.25, 0.3) is 5.69 Å². The average Bonchev–Trinajstić information content (AvgIpc) is 3.16. The smallest absolute Gasteiger partial charge is 0.165 e. The van der Waals surface area contributed by atoms with Crippen LogP contribution in [-0.4, -0.2) is 11.7 Å². The summed E-state index contributed by atoms with van der Waals surface area (Å²) in [7, 11) is 1.47. The van der Waals surface area contributed by atoms with E-state index in [1.807, 2.05) is 34.9 Å². The molecule has 0 spiro atoms. The van der Waals surface area contributed by atoms with Gasteiger partial charge in [-0.3, -0.25) is 4.57 Å². The summed E-state index contributed by atoms with van der Waals surface area (Å²) in [5.74, 6) is -0.221. The molecule has 4 rings (SSSR count). The lowest BCUT2D eigenvalue weighted by molar-refractivity contribution is -0.000345. The first-order chi connectivity index (χ1) is 14.1. The molecule has 0 fully saturated rings. The van der Waals surface area contributed by atoms with Crippen molar-refractivity contribution in [1.82, 2.24) is 4.57 Å². The van der Waals surface area contributed by atoms with Crippen molar-refractivity contribution in [2.75, 3.05) is 7.11 Å². The van der Waals surface area contributed by atoms with Crippen LogP contribution in [0.1, 0.15) is 61.6 Å². The number of nitrogens with zero attached hydrogens (tertiary/aromatic N) is 1. The summed E-state index contributed by atoms with van der Waals surface area (Å²) < 4.78 is 28.5. The lowest BCUT2D eigenvalue weighted by Crippen LogP contribution is -2.12. The van der Waals surface area contributed by atoms with Crippen LogP contribution in [0.2, 0.25) is 5.02 Å². The van der Waals surface area contributed by atoms with Gasteiger partial charge in [-0.1, -0.05) is 49.9 Å². The summed E-state index contributed by atoms with van der Waals surface area (Å²) in [6, 6.07) is 15.6. The topological polar surface area (TPSA) is 23.4 Å². The maximum atomic E-state index is 14.5. The van der Waals surface area contributed by atoms with Crippen LogP contribution in [0.5, 0.6) is 5.75 Å². The number of hydrogen-bond donors (Lipinski definition) is 0. The molecule has 1 aromatic heterocycles. The standard InChI is InChI=1S/C24H23ClFNO2/c1-3-4-5-11-22-21-10-7-14-27(21)20-13-12-16(25)15-18(20)23(29-22)17-8-6-9-19(26)24(17)28-2/h6,8-10,12-13,15,22-23H,3-5,11H2,1-2H3. The van der Waals surface area contributed by atoms with E-state index in [0.717, 1.165) is 42.6 Å². The minimum atomic E-state index is -0.519. The maximum Gasteiger partial charge on any atom is 0.165 e. The highest BCUT2D eigenvalue weighted by Gasteiger charge is 2.32. The Morgan fingerprint density at radius 2 is 2.07 bits per heavy atom. The molecule has 0 N–H and O–H groups in total. The Balaban J connectivity index is 1.88. The summed E-state index contributed by atoms with van der Waals surface area (Å²) in [6.45, 7) is 2.18. The Hall–Kier alpha value is -2.48. The summed E-state index contributed by atoms with van der Waals surface area (Å²) in [4.78, 5) is 0. The number of aromatic nitrogens is 1. The van der Waals surface area contributed by atoms with E-state index in [1.54, 1.807) is 6.07 Å². The van der Waals surface area contributed by atoms with Crippen molar-refractivity contribution in [3.8, 4) is 11.4 Å². The lowest BCUT2D eigenvalue weighted by Gasteiger charge is -2.24. The van der Waals surface area contributed by atoms with Gasteiger partial charge in [-0.05, 0) is 36.8 Å². The van der Waals surface area contributed by atoms with E-state index >= 15 is 0 Å².